The van der Waals surface area contributed by atoms with Crippen molar-refractivity contribution in [2.75, 3.05) is 13.2 Å². The van der Waals surface area contributed by atoms with Crippen molar-refractivity contribution in [3.05, 3.63) is 29.8 Å². The summed E-state index contributed by atoms with van der Waals surface area (Å²) in [6, 6.07) is 3.64. The molecular formula is C12H16F2O3. The fourth-order valence-corrected chi connectivity index (χ4v) is 1.13. The van der Waals surface area contributed by atoms with E-state index in [1.807, 2.05) is 13.8 Å². The Bertz CT molecular complexity index is 356. The summed E-state index contributed by atoms with van der Waals surface area (Å²) in [7, 11) is 0. The molecule has 0 saturated heterocycles. The predicted molar refractivity (Wildman–Crippen MR) is 58.9 cm³/mol. The number of halogens is 2. The van der Waals surface area contributed by atoms with E-state index in [4.69, 9.17) is 9.47 Å². The molecule has 1 aromatic carbocycles. The first kappa shape index (κ1) is 13.9. The quantitative estimate of drug-likeness (QED) is 0.835. The van der Waals surface area contributed by atoms with Crippen molar-refractivity contribution in [3.63, 3.8) is 0 Å². The second kappa shape index (κ2) is 6.51. The van der Waals surface area contributed by atoms with E-state index in [1.165, 1.54) is 12.1 Å². The topological polar surface area (TPSA) is 38.7 Å². The third-order valence-corrected chi connectivity index (χ3v) is 1.97. The summed E-state index contributed by atoms with van der Waals surface area (Å²) in [5, 5.41) is 9.45. The Morgan fingerprint density at radius 1 is 1.24 bits per heavy atom. The van der Waals surface area contributed by atoms with Gasteiger partial charge in [-0.1, -0.05) is 6.07 Å². The highest BCUT2D eigenvalue weighted by atomic mass is 19.2. The standard InChI is InChI=1S/C12H16F2O3/c1-8(2)16-6-9(15)7-17-11-5-3-4-10(13)12(11)14/h3-5,8-9,15H,6-7H2,1-2H3. The van der Waals surface area contributed by atoms with Gasteiger partial charge in [-0.15, -0.1) is 0 Å². The van der Waals surface area contributed by atoms with Crippen LogP contribution in [0.3, 0.4) is 0 Å². The van der Waals surface area contributed by atoms with Crippen LogP contribution in [-0.2, 0) is 4.74 Å². The lowest BCUT2D eigenvalue weighted by molar-refractivity contribution is -0.0128. The summed E-state index contributed by atoms with van der Waals surface area (Å²) in [5.41, 5.74) is 0. The zero-order chi connectivity index (χ0) is 12.8. The highest BCUT2D eigenvalue weighted by Gasteiger charge is 2.11. The van der Waals surface area contributed by atoms with Crippen molar-refractivity contribution in [1.29, 1.82) is 0 Å². The van der Waals surface area contributed by atoms with E-state index in [0.29, 0.717) is 0 Å². The maximum absolute atomic E-state index is 13.2. The maximum atomic E-state index is 13.2. The molecule has 0 aliphatic carbocycles. The molecule has 0 saturated carbocycles. The zero-order valence-electron chi connectivity index (χ0n) is 9.82. The molecule has 0 bridgehead atoms. The van der Waals surface area contributed by atoms with E-state index in [1.54, 1.807) is 0 Å². The SMILES string of the molecule is CC(C)OCC(O)COc1cccc(F)c1F. The van der Waals surface area contributed by atoms with Gasteiger partial charge >= 0.3 is 0 Å². The number of hydrogen-bond donors (Lipinski definition) is 1. The predicted octanol–water partition coefficient (Wildman–Crippen LogP) is 2.13. The molecule has 0 amide bonds. The van der Waals surface area contributed by atoms with Crippen LogP contribution in [0.15, 0.2) is 18.2 Å². The average molecular weight is 246 g/mol. The highest BCUT2D eigenvalue weighted by molar-refractivity contribution is 5.24. The normalized spacial score (nSPS) is 12.8. The molecule has 0 aliphatic rings. The van der Waals surface area contributed by atoms with Crippen molar-refractivity contribution >= 4 is 0 Å². The molecule has 0 aromatic heterocycles. The van der Waals surface area contributed by atoms with E-state index < -0.39 is 17.7 Å². The average Bonchev–Trinajstić information content (AvgIpc) is 2.28. The Hall–Kier alpha value is -1.20. The van der Waals surface area contributed by atoms with Crippen LogP contribution in [0.2, 0.25) is 0 Å². The summed E-state index contributed by atoms with van der Waals surface area (Å²) >= 11 is 0. The zero-order valence-corrected chi connectivity index (χ0v) is 9.82. The summed E-state index contributed by atoms with van der Waals surface area (Å²) in [6.07, 6.45) is -0.879. The number of ether oxygens (including phenoxy) is 2. The molecular weight excluding hydrogens is 230 g/mol. The van der Waals surface area contributed by atoms with Gasteiger partial charge in [0.05, 0.1) is 12.7 Å². The fraction of sp³-hybridized carbons (Fsp3) is 0.500. The van der Waals surface area contributed by atoms with Crippen LogP contribution < -0.4 is 4.74 Å². The monoisotopic (exact) mass is 246 g/mol. The van der Waals surface area contributed by atoms with Gasteiger partial charge in [-0.2, -0.15) is 4.39 Å². The molecule has 0 heterocycles. The molecule has 5 heteroatoms. The lowest BCUT2D eigenvalue weighted by Crippen LogP contribution is -2.25. The van der Waals surface area contributed by atoms with Crippen molar-refractivity contribution in [2.24, 2.45) is 0 Å². The number of rotatable bonds is 6. The molecule has 1 atom stereocenters. The molecule has 0 fully saturated rings. The van der Waals surface area contributed by atoms with E-state index in [0.717, 1.165) is 6.07 Å². The van der Waals surface area contributed by atoms with Gasteiger partial charge in [-0.3, -0.25) is 0 Å². The van der Waals surface area contributed by atoms with Crippen molar-refractivity contribution < 1.29 is 23.4 Å². The van der Waals surface area contributed by atoms with E-state index in [9.17, 15) is 13.9 Å². The number of aliphatic hydroxyl groups excluding tert-OH is 1. The Morgan fingerprint density at radius 3 is 2.59 bits per heavy atom. The summed E-state index contributed by atoms with van der Waals surface area (Å²) < 4.78 is 36.1. The van der Waals surface area contributed by atoms with Gasteiger partial charge in [-0.25, -0.2) is 4.39 Å². The van der Waals surface area contributed by atoms with Crippen LogP contribution in [0.5, 0.6) is 5.75 Å². The molecule has 96 valence electrons. The molecule has 1 unspecified atom stereocenters. The summed E-state index contributed by atoms with van der Waals surface area (Å²) in [4.78, 5) is 0. The van der Waals surface area contributed by atoms with Crippen molar-refractivity contribution in [1.82, 2.24) is 0 Å². The highest BCUT2D eigenvalue weighted by Crippen LogP contribution is 2.19. The molecule has 1 aromatic rings. The Balaban J connectivity index is 2.42. The van der Waals surface area contributed by atoms with Gasteiger partial charge in [-0.05, 0) is 26.0 Å². The van der Waals surface area contributed by atoms with E-state index >= 15 is 0 Å². The third-order valence-electron chi connectivity index (χ3n) is 1.97. The summed E-state index contributed by atoms with van der Waals surface area (Å²) in [6.45, 7) is 3.61. The Kier molecular flexibility index (Phi) is 5.31. The third kappa shape index (κ3) is 4.66. The Labute approximate surface area is 99.0 Å². The van der Waals surface area contributed by atoms with Crippen LogP contribution in [0, 0.1) is 11.6 Å². The first-order chi connectivity index (χ1) is 8.00. The minimum atomic E-state index is -1.05. The molecule has 1 N–H and O–H groups in total. The number of aliphatic hydroxyl groups is 1. The van der Waals surface area contributed by atoms with Crippen LogP contribution in [0.25, 0.3) is 0 Å². The van der Waals surface area contributed by atoms with Gasteiger partial charge in [0, 0.05) is 0 Å². The van der Waals surface area contributed by atoms with Gasteiger partial charge in [0.2, 0.25) is 5.82 Å². The fourth-order valence-electron chi connectivity index (χ4n) is 1.13. The van der Waals surface area contributed by atoms with E-state index in [2.05, 4.69) is 0 Å². The van der Waals surface area contributed by atoms with Crippen LogP contribution >= 0.6 is 0 Å². The molecule has 3 nitrogen and oxygen atoms in total. The molecule has 0 aliphatic heterocycles. The van der Waals surface area contributed by atoms with Gasteiger partial charge in [0.25, 0.3) is 0 Å². The lowest BCUT2D eigenvalue weighted by atomic mass is 10.3. The van der Waals surface area contributed by atoms with Gasteiger partial charge in [0.15, 0.2) is 11.6 Å². The smallest absolute Gasteiger partial charge is 0.200 e. The van der Waals surface area contributed by atoms with E-state index in [-0.39, 0.29) is 25.1 Å². The largest absolute Gasteiger partial charge is 0.488 e. The Morgan fingerprint density at radius 2 is 1.94 bits per heavy atom. The molecule has 0 spiro atoms. The molecule has 17 heavy (non-hydrogen) atoms. The summed E-state index contributed by atoms with van der Waals surface area (Å²) in [5.74, 6) is -2.24. The number of benzene rings is 1. The van der Waals surface area contributed by atoms with Gasteiger partial charge < -0.3 is 14.6 Å². The second-order valence-electron chi connectivity index (χ2n) is 3.90. The first-order valence-electron chi connectivity index (χ1n) is 5.37. The molecule has 1 rings (SSSR count). The van der Waals surface area contributed by atoms with Crippen molar-refractivity contribution in [2.45, 2.75) is 26.1 Å². The molecule has 0 radical (unpaired) electrons. The van der Waals surface area contributed by atoms with Crippen LogP contribution in [0.4, 0.5) is 8.78 Å². The minimum Gasteiger partial charge on any atom is -0.488 e. The van der Waals surface area contributed by atoms with Crippen LogP contribution in [-0.4, -0.2) is 30.5 Å². The van der Waals surface area contributed by atoms with Crippen LogP contribution in [0.1, 0.15) is 13.8 Å². The maximum Gasteiger partial charge on any atom is 0.200 e. The second-order valence-corrected chi connectivity index (χ2v) is 3.90. The number of hydrogen-bond acceptors (Lipinski definition) is 3. The first-order valence-corrected chi connectivity index (χ1v) is 5.37. The van der Waals surface area contributed by atoms with Crippen molar-refractivity contribution in [3.8, 4) is 5.75 Å². The lowest BCUT2D eigenvalue weighted by Gasteiger charge is -2.14. The minimum absolute atomic E-state index is 0.00411. The van der Waals surface area contributed by atoms with Gasteiger partial charge in [0.1, 0.15) is 12.7 Å².